The van der Waals surface area contributed by atoms with Crippen LogP contribution in [0.5, 0.6) is 0 Å². The number of rotatable bonds is 2. The van der Waals surface area contributed by atoms with Crippen LogP contribution in [0.3, 0.4) is 0 Å². The molecule has 2 heterocycles. The Balaban J connectivity index is 2.06. The third-order valence-corrected chi connectivity index (χ3v) is 2.67. The van der Waals surface area contributed by atoms with E-state index in [1.807, 2.05) is 30.3 Å². The third-order valence-electron chi connectivity index (χ3n) is 2.67. The summed E-state index contributed by atoms with van der Waals surface area (Å²) in [4.78, 5) is 0. The summed E-state index contributed by atoms with van der Waals surface area (Å²) in [5, 5.41) is 4.40. The second-order valence-corrected chi connectivity index (χ2v) is 3.83. The van der Waals surface area contributed by atoms with Crippen molar-refractivity contribution in [3.05, 3.63) is 48.2 Å². The molecule has 90 valence electrons. The minimum Gasteiger partial charge on any atom is -0.453 e. The van der Waals surface area contributed by atoms with E-state index in [-0.39, 0.29) is 5.84 Å². The van der Waals surface area contributed by atoms with Gasteiger partial charge >= 0.3 is 0 Å². The quantitative estimate of drug-likeness (QED) is 0.311. The van der Waals surface area contributed by atoms with E-state index in [2.05, 4.69) is 5.10 Å². The molecular weight excluding hydrogens is 230 g/mol. The van der Waals surface area contributed by atoms with Gasteiger partial charge in [-0.1, -0.05) is 18.2 Å². The van der Waals surface area contributed by atoms with Crippen molar-refractivity contribution in [2.75, 3.05) is 0 Å². The van der Waals surface area contributed by atoms with E-state index in [0.29, 0.717) is 17.3 Å². The molecule has 0 spiro atoms. The molecule has 0 atom stereocenters. The first-order chi connectivity index (χ1) is 8.78. The summed E-state index contributed by atoms with van der Waals surface area (Å²) in [6, 6.07) is 13.1. The number of amidine groups is 1. The molecule has 0 bridgehead atoms. The van der Waals surface area contributed by atoms with Gasteiger partial charge in [-0.15, -0.1) is 0 Å². The van der Waals surface area contributed by atoms with Crippen molar-refractivity contribution in [1.29, 1.82) is 0 Å². The van der Waals surface area contributed by atoms with Crippen LogP contribution in [0.4, 0.5) is 0 Å². The summed E-state index contributed by atoms with van der Waals surface area (Å²) in [5.41, 5.74) is 6.37. The van der Waals surface area contributed by atoms with Crippen LogP contribution in [0.2, 0.25) is 0 Å². The highest BCUT2D eigenvalue weighted by Gasteiger charge is 2.11. The highest BCUT2D eigenvalue weighted by atomic mass is 16.4. The molecular formula is C13H11N3O2. The molecule has 0 aliphatic heterocycles. The summed E-state index contributed by atoms with van der Waals surface area (Å²) in [6.07, 6.45) is 0. The molecule has 5 heteroatoms. The number of furan rings is 2. The van der Waals surface area contributed by atoms with E-state index >= 15 is 0 Å². The first-order valence-electron chi connectivity index (χ1n) is 5.40. The first-order valence-corrected chi connectivity index (χ1v) is 5.40. The molecule has 18 heavy (non-hydrogen) atoms. The predicted molar refractivity (Wildman–Crippen MR) is 68.8 cm³/mol. The van der Waals surface area contributed by atoms with E-state index in [9.17, 15) is 0 Å². The van der Waals surface area contributed by atoms with Gasteiger partial charge in [-0.3, -0.25) is 0 Å². The molecule has 0 amide bonds. The molecule has 3 aromatic rings. The van der Waals surface area contributed by atoms with Gasteiger partial charge in [0, 0.05) is 5.39 Å². The number of nitrogens with two attached hydrogens (primary N) is 2. The maximum atomic E-state index is 5.68. The van der Waals surface area contributed by atoms with Crippen LogP contribution in [0, 0.1) is 0 Å². The van der Waals surface area contributed by atoms with Crippen LogP contribution < -0.4 is 11.6 Å². The normalized spacial score (nSPS) is 12.1. The Hall–Kier alpha value is -2.69. The molecule has 1 aromatic carbocycles. The minimum atomic E-state index is 0.150. The van der Waals surface area contributed by atoms with Crippen LogP contribution >= 0.6 is 0 Å². The zero-order chi connectivity index (χ0) is 12.5. The predicted octanol–water partition coefficient (Wildman–Crippen LogP) is 2.27. The summed E-state index contributed by atoms with van der Waals surface area (Å²) in [5.74, 6) is 6.90. The minimum absolute atomic E-state index is 0.150. The van der Waals surface area contributed by atoms with Gasteiger partial charge in [0.25, 0.3) is 0 Å². The van der Waals surface area contributed by atoms with Crippen LogP contribution in [0.1, 0.15) is 5.76 Å². The zero-order valence-electron chi connectivity index (χ0n) is 9.46. The number of benzene rings is 1. The van der Waals surface area contributed by atoms with Crippen molar-refractivity contribution in [2.45, 2.75) is 0 Å². The second kappa shape index (κ2) is 3.96. The molecule has 0 unspecified atom stereocenters. The highest BCUT2D eigenvalue weighted by molar-refractivity contribution is 5.95. The Bertz CT molecular complexity index is 692. The maximum absolute atomic E-state index is 5.68. The summed E-state index contributed by atoms with van der Waals surface area (Å²) in [7, 11) is 0. The van der Waals surface area contributed by atoms with Crippen LogP contribution in [-0.2, 0) is 0 Å². The molecule has 0 saturated carbocycles. The van der Waals surface area contributed by atoms with Gasteiger partial charge in [-0.2, -0.15) is 5.10 Å². The number of hydrazone groups is 1. The zero-order valence-corrected chi connectivity index (χ0v) is 9.46. The molecule has 0 aliphatic rings. The lowest BCUT2D eigenvalue weighted by atomic mass is 10.2. The van der Waals surface area contributed by atoms with Gasteiger partial charge in [-0.25, -0.2) is 0 Å². The lowest BCUT2D eigenvalue weighted by Gasteiger charge is -1.92. The van der Waals surface area contributed by atoms with E-state index < -0.39 is 0 Å². The Morgan fingerprint density at radius 2 is 1.83 bits per heavy atom. The smallest absolute Gasteiger partial charge is 0.186 e. The molecule has 0 aliphatic carbocycles. The van der Waals surface area contributed by atoms with E-state index in [1.165, 1.54) is 0 Å². The summed E-state index contributed by atoms with van der Waals surface area (Å²) in [6.45, 7) is 0. The molecule has 2 aromatic heterocycles. The van der Waals surface area contributed by atoms with Gasteiger partial charge in [0.1, 0.15) is 5.58 Å². The lowest BCUT2D eigenvalue weighted by Crippen LogP contribution is -2.14. The van der Waals surface area contributed by atoms with Gasteiger partial charge in [0.15, 0.2) is 23.1 Å². The standard InChI is InChI=1S/C13H11N3O2/c14-13(16-15)11-6-5-10(18-11)12-7-8-3-1-2-4-9(8)17-12/h1-7H,15H2,(H2,14,16). The fourth-order valence-electron chi connectivity index (χ4n) is 1.77. The first kappa shape index (κ1) is 10.5. The van der Waals surface area contributed by atoms with Crippen LogP contribution in [-0.4, -0.2) is 5.84 Å². The third kappa shape index (κ3) is 1.62. The summed E-state index contributed by atoms with van der Waals surface area (Å²) < 4.78 is 11.2. The molecule has 0 saturated heterocycles. The van der Waals surface area contributed by atoms with Gasteiger partial charge in [0.05, 0.1) is 0 Å². The van der Waals surface area contributed by atoms with Gasteiger partial charge in [-0.05, 0) is 24.3 Å². The Morgan fingerprint density at radius 1 is 1.00 bits per heavy atom. The molecule has 0 fully saturated rings. The second-order valence-electron chi connectivity index (χ2n) is 3.83. The number of nitrogens with zero attached hydrogens (tertiary/aromatic N) is 1. The Labute approximate surface area is 103 Å². The molecule has 5 nitrogen and oxygen atoms in total. The molecule has 3 rings (SSSR count). The number of hydrogen-bond donors (Lipinski definition) is 2. The van der Waals surface area contributed by atoms with Crippen LogP contribution in [0.15, 0.2) is 56.4 Å². The number of para-hydroxylation sites is 1. The fourth-order valence-corrected chi connectivity index (χ4v) is 1.77. The van der Waals surface area contributed by atoms with Crippen molar-refractivity contribution in [3.8, 4) is 11.5 Å². The average molecular weight is 241 g/mol. The number of fused-ring (bicyclic) bond motifs is 1. The lowest BCUT2D eigenvalue weighted by molar-refractivity contribution is 0.535. The number of hydrogen-bond acceptors (Lipinski definition) is 4. The summed E-state index contributed by atoms with van der Waals surface area (Å²) >= 11 is 0. The monoisotopic (exact) mass is 241 g/mol. The van der Waals surface area contributed by atoms with Gasteiger partial charge < -0.3 is 20.4 Å². The van der Waals surface area contributed by atoms with Crippen molar-refractivity contribution in [2.24, 2.45) is 16.7 Å². The van der Waals surface area contributed by atoms with Crippen molar-refractivity contribution in [1.82, 2.24) is 0 Å². The van der Waals surface area contributed by atoms with Gasteiger partial charge in [0.2, 0.25) is 0 Å². The van der Waals surface area contributed by atoms with Crippen molar-refractivity contribution >= 4 is 16.8 Å². The maximum Gasteiger partial charge on any atom is 0.186 e. The topological polar surface area (TPSA) is 90.7 Å². The van der Waals surface area contributed by atoms with E-state index in [0.717, 1.165) is 11.0 Å². The Kier molecular flexibility index (Phi) is 2.30. The molecule has 0 radical (unpaired) electrons. The largest absolute Gasteiger partial charge is 0.453 e. The van der Waals surface area contributed by atoms with Crippen molar-refractivity contribution < 1.29 is 8.83 Å². The highest BCUT2D eigenvalue weighted by Crippen LogP contribution is 2.28. The van der Waals surface area contributed by atoms with E-state index in [1.54, 1.807) is 12.1 Å². The molecule has 4 N–H and O–H groups in total. The fraction of sp³-hybridized carbons (Fsp3) is 0. The SMILES string of the molecule is N/N=C(\N)c1ccc(-c2cc3ccccc3o2)o1. The van der Waals surface area contributed by atoms with Crippen LogP contribution in [0.25, 0.3) is 22.5 Å². The Morgan fingerprint density at radius 3 is 2.61 bits per heavy atom. The van der Waals surface area contributed by atoms with Crippen molar-refractivity contribution in [3.63, 3.8) is 0 Å². The average Bonchev–Trinajstić information content (AvgIpc) is 3.03. The van der Waals surface area contributed by atoms with E-state index in [4.69, 9.17) is 20.4 Å².